The maximum atomic E-state index is 5.73. The zero-order valence-electron chi connectivity index (χ0n) is 11.3. The van der Waals surface area contributed by atoms with Crippen LogP contribution in [-0.2, 0) is 17.8 Å². The van der Waals surface area contributed by atoms with Crippen LogP contribution in [0.25, 0.3) is 0 Å². The fourth-order valence-corrected chi connectivity index (χ4v) is 2.30. The minimum absolute atomic E-state index is 0.106. The van der Waals surface area contributed by atoms with E-state index in [4.69, 9.17) is 4.74 Å². The van der Waals surface area contributed by atoms with Crippen LogP contribution in [-0.4, -0.2) is 39.5 Å². The number of rotatable bonds is 3. The predicted octanol–water partition coefficient (Wildman–Crippen LogP) is 1.90. The second-order valence-electron chi connectivity index (χ2n) is 5.45. The molecule has 4 heteroatoms. The van der Waals surface area contributed by atoms with E-state index in [0.29, 0.717) is 6.10 Å². The lowest BCUT2D eigenvalue weighted by atomic mass is 10.0. The molecule has 4 nitrogen and oxygen atoms in total. The van der Waals surface area contributed by atoms with Crippen LogP contribution in [0.2, 0.25) is 0 Å². The lowest BCUT2D eigenvalue weighted by Gasteiger charge is -2.44. The van der Waals surface area contributed by atoms with Crippen molar-refractivity contribution in [3.05, 3.63) is 18.0 Å². The highest BCUT2D eigenvalue weighted by Gasteiger charge is 2.33. The third-order valence-corrected chi connectivity index (χ3v) is 3.51. The molecule has 0 amide bonds. The van der Waals surface area contributed by atoms with Crippen LogP contribution in [0.1, 0.15) is 33.4 Å². The Bertz CT molecular complexity index is 372. The number of hydrogen-bond donors (Lipinski definition) is 0. The van der Waals surface area contributed by atoms with Gasteiger partial charge in [-0.3, -0.25) is 9.58 Å². The summed E-state index contributed by atoms with van der Waals surface area (Å²) in [5.41, 5.74) is 1.39. The molecule has 2 rings (SSSR count). The molecule has 0 N–H and O–H groups in total. The summed E-state index contributed by atoms with van der Waals surface area (Å²) in [6.45, 7) is 12.4. The molecule has 0 bridgehead atoms. The molecule has 96 valence electrons. The van der Waals surface area contributed by atoms with E-state index in [0.717, 1.165) is 26.2 Å². The van der Waals surface area contributed by atoms with Gasteiger partial charge in [0.15, 0.2) is 0 Å². The van der Waals surface area contributed by atoms with Crippen LogP contribution < -0.4 is 0 Å². The van der Waals surface area contributed by atoms with Gasteiger partial charge >= 0.3 is 0 Å². The van der Waals surface area contributed by atoms with Crippen LogP contribution in [0.15, 0.2) is 12.3 Å². The molecule has 17 heavy (non-hydrogen) atoms. The standard InChI is InChI=1S/C13H23N3O/c1-5-16-12(6-7-14-16)9-15-8-11(2)17-10-13(15,3)4/h6-7,11H,5,8-10H2,1-4H3/t11-/m1/s1. The third kappa shape index (κ3) is 2.69. The molecule has 0 radical (unpaired) electrons. The molecule has 1 aliphatic heterocycles. The summed E-state index contributed by atoms with van der Waals surface area (Å²) in [7, 11) is 0. The highest BCUT2D eigenvalue weighted by atomic mass is 16.5. The molecule has 1 aromatic heterocycles. The SMILES string of the molecule is CCn1nccc1CN1C[C@@H](C)OCC1(C)C. The molecule has 1 aromatic rings. The zero-order chi connectivity index (χ0) is 12.5. The minimum Gasteiger partial charge on any atom is -0.375 e. The van der Waals surface area contributed by atoms with E-state index in [1.54, 1.807) is 0 Å². The smallest absolute Gasteiger partial charge is 0.0675 e. The number of ether oxygens (including phenoxy) is 1. The summed E-state index contributed by atoms with van der Waals surface area (Å²) >= 11 is 0. The quantitative estimate of drug-likeness (QED) is 0.804. The summed E-state index contributed by atoms with van der Waals surface area (Å²) in [5.74, 6) is 0. The van der Waals surface area contributed by atoms with Crippen LogP contribution in [0.4, 0.5) is 0 Å². The lowest BCUT2D eigenvalue weighted by molar-refractivity contribution is -0.0957. The van der Waals surface area contributed by atoms with E-state index >= 15 is 0 Å². The monoisotopic (exact) mass is 237 g/mol. The van der Waals surface area contributed by atoms with Crippen molar-refractivity contribution >= 4 is 0 Å². The highest BCUT2D eigenvalue weighted by molar-refractivity contribution is 5.02. The molecule has 2 heterocycles. The van der Waals surface area contributed by atoms with E-state index in [1.165, 1.54) is 5.69 Å². The summed E-state index contributed by atoms with van der Waals surface area (Å²) < 4.78 is 7.80. The molecular weight excluding hydrogens is 214 g/mol. The van der Waals surface area contributed by atoms with Gasteiger partial charge in [0.05, 0.1) is 18.4 Å². The number of aromatic nitrogens is 2. The van der Waals surface area contributed by atoms with Gasteiger partial charge in [-0.05, 0) is 33.8 Å². The van der Waals surface area contributed by atoms with Crippen molar-refractivity contribution in [1.29, 1.82) is 0 Å². The summed E-state index contributed by atoms with van der Waals surface area (Å²) in [6.07, 6.45) is 2.21. The molecular formula is C13H23N3O. The largest absolute Gasteiger partial charge is 0.375 e. The van der Waals surface area contributed by atoms with Crippen molar-refractivity contribution in [2.75, 3.05) is 13.2 Å². The van der Waals surface area contributed by atoms with Gasteiger partial charge in [0, 0.05) is 31.4 Å². The average molecular weight is 237 g/mol. The van der Waals surface area contributed by atoms with E-state index < -0.39 is 0 Å². The van der Waals surface area contributed by atoms with Crippen molar-refractivity contribution < 1.29 is 4.74 Å². The third-order valence-electron chi connectivity index (χ3n) is 3.51. The maximum Gasteiger partial charge on any atom is 0.0675 e. The Balaban J connectivity index is 2.11. The lowest BCUT2D eigenvalue weighted by Crippen LogP contribution is -2.55. The average Bonchev–Trinajstić information content (AvgIpc) is 2.71. The van der Waals surface area contributed by atoms with Crippen molar-refractivity contribution in [2.45, 2.75) is 52.4 Å². The number of nitrogens with zero attached hydrogens (tertiary/aromatic N) is 3. The Morgan fingerprint density at radius 3 is 3.00 bits per heavy atom. The first kappa shape index (κ1) is 12.6. The van der Waals surface area contributed by atoms with Gasteiger partial charge in [-0.1, -0.05) is 0 Å². The first-order valence-electron chi connectivity index (χ1n) is 6.40. The fourth-order valence-electron chi connectivity index (χ4n) is 2.30. The van der Waals surface area contributed by atoms with Gasteiger partial charge in [0.25, 0.3) is 0 Å². The maximum absolute atomic E-state index is 5.73. The van der Waals surface area contributed by atoms with Crippen molar-refractivity contribution in [1.82, 2.24) is 14.7 Å². The fraction of sp³-hybridized carbons (Fsp3) is 0.769. The molecule has 0 saturated carbocycles. The minimum atomic E-state index is 0.106. The summed E-state index contributed by atoms with van der Waals surface area (Å²) in [4.78, 5) is 2.49. The van der Waals surface area contributed by atoms with E-state index in [2.05, 4.69) is 48.4 Å². The Morgan fingerprint density at radius 2 is 2.29 bits per heavy atom. The normalized spacial score (nSPS) is 25.1. The molecule has 1 atom stereocenters. The molecule has 0 aromatic carbocycles. The van der Waals surface area contributed by atoms with Crippen LogP contribution in [0.3, 0.4) is 0 Å². The van der Waals surface area contributed by atoms with Gasteiger partial charge < -0.3 is 4.74 Å². The predicted molar refractivity (Wildman–Crippen MR) is 67.8 cm³/mol. The molecule has 0 unspecified atom stereocenters. The first-order valence-corrected chi connectivity index (χ1v) is 6.40. The second kappa shape index (κ2) is 4.78. The Labute approximate surface area is 104 Å². The first-order chi connectivity index (χ1) is 8.03. The van der Waals surface area contributed by atoms with Gasteiger partial charge in [-0.15, -0.1) is 0 Å². The Hall–Kier alpha value is -0.870. The number of morpholine rings is 1. The van der Waals surface area contributed by atoms with Gasteiger partial charge in [0.2, 0.25) is 0 Å². The van der Waals surface area contributed by atoms with Crippen molar-refractivity contribution in [3.8, 4) is 0 Å². The zero-order valence-corrected chi connectivity index (χ0v) is 11.3. The van der Waals surface area contributed by atoms with Gasteiger partial charge in [-0.2, -0.15) is 5.10 Å². The summed E-state index contributed by atoms with van der Waals surface area (Å²) in [5, 5.41) is 4.33. The number of aryl methyl sites for hydroxylation is 1. The van der Waals surface area contributed by atoms with Gasteiger partial charge in [-0.25, -0.2) is 0 Å². The van der Waals surface area contributed by atoms with Crippen molar-refractivity contribution in [2.24, 2.45) is 0 Å². The highest BCUT2D eigenvalue weighted by Crippen LogP contribution is 2.24. The van der Waals surface area contributed by atoms with Crippen molar-refractivity contribution in [3.63, 3.8) is 0 Å². The van der Waals surface area contributed by atoms with Crippen LogP contribution >= 0.6 is 0 Å². The van der Waals surface area contributed by atoms with Crippen LogP contribution in [0.5, 0.6) is 0 Å². The molecule has 1 fully saturated rings. The van der Waals surface area contributed by atoms with E-state index in [1.807, 2.05) is 6.20 Å². The second-order valence-corrected chi connectivity index (χ2v) is 5.45. The molecule has 1 saturated heterocycles. The van der Waals surface area contributed by atoms with E-state index in [9.17, 15) is 0 Å². The van der Waals surface area contributed by atoms with Crippen LogP contribution in [0, 0.1) is 0 Å². The molecule has 0 spiro atoms. The van der Waals surface area contributed by atoms with E-state index in [-0.39, 0.29) is 5.54 Å². The number of hydrogen-bond acceptors (Lipinski definition) is 3. The topological polar surface area (TPSA) is 30.3 Å². The Kier molecular flexibility index (Phi) is 3.54. The van der Waals surface area contributed by atoms with Gasteiger partial charge in [0.1, 0.15) is 0 Å². The Morgan fingerprint density at radius 1 is 1.53 bits per heavy atom. The molecule has 0 aliphatic carbocycles. The summed E-state index contributed by atoms with van der Waals surface area (Å²) in [6, 6.07) is 2.11. The molecule has 1 aliphatic rings.